The maximum Gasteiger partial charge on any atom is 0.408 e. The average molecular weight is 1060 g/mol. The van der Waals surface area contributed by atoms with Gasteiger partial charge in [0.15, 0.2) is 23.5 Å². The molecule has 21 heteroatoms. The van der Waals surface area contributed by atoms with Crippen LogP contribution in [0.2, 0.25) is 0 Å². The van der Waals surface area contributed by atoms with Crippen LogP contribution >= 0.6 is 0 Å². The van der Waals surface area contributed by atoms with Crippen LogP contribution in [0, 0.1) is 28.6 Å². The van der Waals surface area contributed by atoms with Crippen molar-refractivity contribution >= 4 is 52.9 Å². The minimum Gasteiger partial charge on any atom is -0.481 e. The van der Waals surface area contributed by atoms with E-state index in [9.17, 15) is 53.7 Å². The zero-order valence-electron chi connectivity index (χ0n) is 43.1. The standard InChI is InChI=1S/C55H70N6O15/c1-31(63)58-40(6-4-5-21-56)48(70)57-26-45(67)60-41(17-18-46(68)69)49(71)59-36-14-9-33(10-15-36)28-74-51(72)61-54(29-73-30-54)24-32-7-11-34(12-8-32)50-75-44-23-39-38-16-13-35-22-37(64)19-20-52(35,2)47(38)42(65)25-53(39,3)55(44,76-50)43(66)27-62/h7-12,14-15,19-20,22,38-42,44,47,50,62,65H,4-6,13,16-18,21,23-30,56H2,1-3H3,(H,57,70)(H,58,63)(H,59,71)(H,60,67)(H,61,72)(H,68,69)/t38-,39-,40-,41-,42-,44+,47+,50+,52-,53-,55+/m0/s1. The number of aliphatic hydroxyl groups excluding tert-OH is 2. The normalized spacial score (nSPS) is 29.3. The van der Waals surface area contributed by atoms with Gasteiger partial charge < -0.3 is 66.6 Å². The van der Waals surface area contributed by atoms with Gasteiger partial charge >= 0.3 is 12.1 Å². The first-order chi connectivity index (χ1) is 36.2. The molecule has 2 heterocycles. The molecule has 0 aromatic heterocycles. The minimum atomic E-state index is -1.49. The molecule has 10 N–H and O–H groups in total. The molecule has 0 radical (unpaired) electrons. The molecule has 0 unspecified atom stereocenters. The molecule has 11 atom stereocenters. The van der Waals surface area contributed by atoms with Crippen LogP contribution in [0.3, 0.4) is 0 Å². The Labute approximate surface area is 440 Å². The van der Waals surface area contributed by atoms with E-state index in [4.69, 9.17) is 24.7 Å². The number of benzene rings is 2. The monoisotopic (exact) mass is 1050 g/mol. The number of aliphatic hydroxyl groups is 2. The highest BCUT2D eigenvalue weighted by atomic mass is 16.7. The summed E-state index contributed by atoms with van der Waals surface area (Å²) in [6.45, 7) is 4.84. The van der Waals surface area contributed by atoms with Crippen LogP contribution in [0.25, 0.3) is 0 Å². The van der Waals surface area contributed by atoms with Gasteiger partial charge in [0.25, 0.3) is 0 Å². The van der Waals surface area contributed by atoms with Gasteiger partial charge in [-0.2, -0.15) is 0 Å². The predicted octanol–water partition coefficient (Wildman–Crippen LogP) is 2.57. The lowest BCUT2D eigenvalue weighted by Gasteiger charge is -2.59. The molecule has 2 aromatic rings. The molecule has 0 spiro atoms. The summed E-state index contributed by atoms with van der Waals surface area (Å²) >= 11 is 0. The first-order valence-corrected chi connectivity index (χ1v) is 26.1. The summed E-state index contributed by atoms with van der Waals surface area (Å²) in [5.74, 6) is -4.34. The minimum absolute atomic E-state index is 0.0331. The Balaban J connectivity index is 0.826. The summed E-state index contributed by atoms with van der Waals surface area (Å²) in [6, 6.07) is 11.7. The highest BCUT2D eigenvalue weighted by Gasteiger charge is 2.76. The number of hydrogen-bond donors (Lipinski definition) is 9. The molecule has 6 aliphatic rings. The summed E-state index contributed by atoms with van der Waals surface area (Å²) in [4.78, 5) is 101. The number of rotatable bonds is 22. The second kappa shape index (κ2) is 23.1. The first-order valence-electron chi connectivity index (χ1n) is 26.1. The molecule has 5 fully saturated rings. The third-order valence-corrected chi connectivity index (χ3v) is 16.7. The number of carboxylic acid groups (broad SMARTS) is 1. The van der Waals surface area contributed by atoms with Crippen molar-refractivity contribution in [3.8, 4) is 0 Å². The number of aliphatic carboxylic acids is 1. The number of ether oxygens (including phenoxy) is 4. The van der Waals surface area contributed by atoms with E-state index < -0.39 is 114 Å². The fraction of sp³-hybridized carbons (Fsp3) is 0.564. The molecule has 0 bridgehead atoms. The molecule has 410 valence electrons. The Hall–Kier alpha value is -6.36. The fourth-order valence-corrected chi connectivity index (χ4v) is 13.0. The van der Waals surface area contributed by atoms with E-state index in [0.29, 0.717) is 61.9 Å². The summed E-state index contributed by atoms with van der Waals surface area (Å²) in [7, 11) is 0. The van der Waals surface area contributed by atoms with Crippen molar-refractivity contribution in [2.45, 2.75) is 133 Å². The molecule has 2 aromatic carbocycles. The Morgan fingerprint density at radius 1 is 0.921 bits per heavy atom. The molecular formula is C55H70N6O15. The van der Waals surface area contributed by atoms with Crippen molar-refractivity contribution in [3.05, 3.63) is 89.0 Å². The molecule has 3 saturated carbocycles. The smallest absolute Gasteiger partial charge is 0.408 e. The number of carbonyl (C=O) groups is 8. The lowest BCUT2D eigenvalue weighted by Crippen LogP contribution is -2.63. The van der Waals surface area contributed by atoms with Gasteiger partial charge in [-0.1, -0.05) is 61.9 Å². The van der Waals surface area contributed by atoms with Crippen molar-refractivity contribution in [3.63, 3.8) is 0 Å². The van der Waals surface area contributed by atoms with Crippen molar-refractivity contribution in [1.82, 2.24) is 21.3 Å². The molecule has 76 heavy (non-hydrogen) atoms. The van der Waals surface area contributed by atoms with Crippen LogP contribution in [0.15, 0.2) is 72.3 Å². The molecular weight excluding hydrogens is 985 g/mol. The van der Waals surface area contributed by atoms with Gasteiger partial charge in [0.1, 0.15) is 25.3 Å². The molecule has 5 amide bonds. The van der Waals surface area contributed by atoms with Crippen molar-refractivity contribution in [1.29, 1.82) is 0 Å². The Morgan fingerprint density at radius 2 is 1.63 bits per heavy atom. The third kappa shape index (κ3) is 11.5. The molecule has 2 aliphatic heterocycles. The van der Waals surface area contributed by atoms with E-state index in [2.05, 4.69) is 33.5 Å². The van der Waals surface area contributed by atoms with Gasteiger partial charge in [0.2, 0.25) is 23.6 Å². The molecule has 8 rings (SSSR count). The molecule has 2 saturated heterocycles. The third-order valence-electron chi connectivity index (χ3n) is 16.7. The SMILES string of the molecule is CC(=O)N[C@@H](CCCCN)C(=O)NCC(=O)N[C@@H](CCC(=O)O)C(=O)Nc1ccc(COC(=O)NC2(Cc3ccc([C@@H]4O[C@@H]5C[C@H]6[C@@H]7CCC8=CC(=O)C=C[C@]8(C)[C@H]7[C@@H](O)C[C@]6(C)[C@]5(C(=O)CO)O4)cc3)COC2)cc1. The number of alkyl carbamates (subject to hydrolysis) is 1. The lowest BCUT2D eigenvalue weighted by molar-refractivity contribution is -0.201. The summed E-state index contributed by atoms with van der Waals surface area (Å²) in [6.07, 6.45) is 5.67. The van der Waals surface area contributed by atoms with Gasteiger partial charge in [0, 0.05) is 47.8 Å². The van der Waals surface area contributed by atoms with Crippen LogP contribution in [0.1, 0.15) is 102 Å². The predicted molar refractivity (Wildman–Crippen MR) is 271 cm³/mol. The summed E-state index contributed by atoms with van der Waals surface area (Å²) in [5.41, 5.74) is 5.41. The van der Waals surface area contributed by atoms with Crippen LogP contribution in [-0.2, 0) is 65.5 Å². The van der Waals surface area contributed by atoms with Gasteiger partial charge in [0.05, 0.1) is 37.5 Å². The lowest BCUT2D eigenvalue weighted by atomic mass is 9.46. The quantitative estimate of drug-likeness (QED) is 0.0766. The van der Waals surface area contributed by atoms with Crippen molar-refractivity contribution < 1.29 is 72.6 Å². The highest BCUT2D eigenvalue weighted by Crippen LogP contribution is 2.70. The van der Waals surface area contributed by atoms with E-state index in [1.165, 1.54) is 6.92 Å². The number of hydrogen-bond acceptors (Lipinski definition) is 15. The second-order valence-corrected chi connectivity index (χ2v) is 21.7. The van der Waals surface area contributed by atoms with Crippen LogP contribution < -0.4 is 32.3 Å². The van der Waals surface area contributed by atoms with Crippen molar-refractivity contribution in [2.75, 3.05) is 38.2 Å². The number of anilines is 1. The fourth-order valence-electron chi connectivity index (χ4n) is 13.0. The molecule has 21 nitrogen and oxygen atoms in total. The van der Waals surface area contributed by atoms with Gasteiger partial charge in [-0.25, -0.2) is 4.79 Å². The number of ketones is 2. The zero-order valence-corrected chi connectivity index (χ0v) is 43.1. The number of nitrogens with one attached hydrogen (secondary N) is 5. The zero-order chi connectivity index (χ0) is 54.6. The van der Waals surface area contributed by atoms with Crippen LogP contribution in [0.5, 0.6) is 0 Å². The second-order valence-electron chi connectivity index (χ2n) is 21.7. The van der Waals surface area contributed by atoms with Gasteiger partial charge in [-0.3, -0.25) is 33.6 Å². The number of amides is 5. The number of Topliss-reactive ketones (excluding diaryl/α,β-unsaturated/α-hetero) is 1. The first kappa shape index (κ1) is 55.9. The topological polar surface area (TPSA) is 320 Å². The summed E-state index contributed by atoms with van der Waals surface area (Å²) < 4.78 is 24.5. The summed E-state index contributed by atoms with van der Waals surface area (Å²) in [5, 5.41) is 44.7. The Bertz CT molecular complexity index is 2620. The number of fused-ring (bicyclic) bond motifs is 7. The largest absolute Gasteiger partial charge is 0.481 e. The van der Waals surface area contributed by atoms with Crippen LogP contribution in [0.4, 0.5) is 10.5 Å². The van der Waals surface area contributed by atoms with Crippen molar-refractivity contribution in [2.24, 2.45) is 34.3 Å². The number of allylic oxidation sites excluding steroid dienone is 4. The van der Waals surface area contributed by atoms with E-state index in [1.54, 1.807) is 36.4 Å². The number of unbranched alkanes of at least 4 members (excludes halogenated alkanes) is 1. The number of carboxylic acids is 1. The van der Waals surface area contributed by atoms with E-state index in [0.717, 1.165) is 17.6 Å². The van der Waals surface area contributed by atoms with E-state index in [-0.39, 0.29) is 56.2 Å². The molecule has 4 aliphatic carbocycles. The van der Waals surface area contributed by atoms with Crippen LogP contribution in [-0.4, -0.2) is 131 Å². The van der Waals surface area contributed by atoms with Gasteiger partial charge in [-0.15, -0.1) is 0 Å². The Kier molecular flexibility index (Phi) is 17.0. The number of nitrogens with two attached hydrogens (primary N) is 1. The van der Waals surface area contributed by atoms with E-state index in [1.807, 2.05) is 37.3 Å². The highest BCUT2D eigenvalue weighted by molar-refractivity contribution is 6.01. The van der Waals surface area contributed by atoms with Gasteiger partial charge in [-0.05, 0) is 105 Å². The number of carbonyl (C=O) groups excluding carboxylic acids is 7. The van der Waals surface area contributed by atoms with E-state index >= 15 is 0 Å². The Morgan fingerprint density at radius 3 is 2.29 bits per heavy atom. The average Bonchev–Trinajstić information content (AvgIpc) is 4.08. The maximum absolute atomic E-state index is 14.0. The maximum atomic E-state index is 14.0.